The monoisotopic (exact) mass is 374 g/mol. The van der Waals surface area contributed by atoms with Crippen molar-refractivity contribution in [2.24, 2.45) is 5.73 Å². The Labute approximate surface area is 156 Å². The number of thiazole rings is 1. The summed E-state index contributed by atoms with van der Waals surface area (Å²) in [5, 5.41) is 2.48. The molecule has 7 nitrogen and oxygen atoms in total. The fourth-order valence-corrected chi connectivity index (χ4v) is 3.52. The van der Waals surface area contributed by atoms with Crippen molar-refractivity contribution >= 4 is 23.2 Å². The average molecular weight is 374 g/mol. The molecule has 1 aliphatic heterocycles. The van der Waals surface area contributed by atoms with Crippen molar-refractivity contribution in [1.82, 2.24) is 14.8 Å². The minimum Gasteiger partial charge on any atom is -0.493 e. The van der Waals surface area contributed by atoms with E-state index in [4.69, 9.17) is 10.5 Å². The third kappa shape index (κ3) is 3.86. The average Bonchev–Trinajstić information content (AvgIpc) is 3.17. The second-order valence-corrected chi connectivity index (χ2v) is 6.79. The number of carbonyl (C=O) groups is 2. The summed E-state index contributed by atoms with van der Waals surface area (Å²) < 4.78 is 5.55. The topological polar surface area (TPSA) is 88.8 Å². The number of amides is 2. The summed E-state index contributed by atoms with van der Waals surface area (Å²) in [5.41, 5.74) is 6.54. The lowest BCUT2D eigenvalue weighted by Crippen LogP contribution is -2.50. The molecule has 138 valence electrons. The smallest absolute Gasteiger partial charge is 0.273 e. The molecule has 2 heterocycles. The Morgan fingerprint density at radius 2 is 1.81 bits per heavy atom. The van der Waals surface area contributed by atoms with Gasteiger partial charge in [-0.1, -0.05) is 12.1 Å². The van der Waals surface area contributed by atoms with Gasteiger partial charge in [0.25, 0.3) is 11.8 Å². The number of aromatic nitrogens is 1. The van der Waals surface area contributed by atoms with E-state index in [1.165, 1.54) is 11.3 Å². The van der Waals surface area contributed by atoms with E-state index in [2.05, 4.69) is 4.98 Å². The van der Waals surface area contributed by atoms with Crippen LogP contribution in [0.2, 0.25) is 0 Å². The lowest BCUT2D eigenvalue weighted by molar-refractivity contribution is 0.0530. The van der Waals surface area contributed by atoms with Crippen LogP contribution >= 0.6 is 11.3 Å². The van der Waals surface area contributed by atoms with Gasteiger partial charge in [0.15, 0.2) is 0 Å². The molecule has 3 rings (SSSR count). The van der Waals surface area contributed by atoms with Gasteiger partial charge in [0.1, 0.15) is 16.5 Å². The van der Waals surface area contributed by atoms with E-state index >= 15 is 0 Å². The molecule has 1 saturated heterocycles. The number of piperazine rings is 1. The Balaban J connectivity index is 1.63. The third-order valence-corrected chi connectivity index (χ3v) is 5.09. The largest absolute Gasteiger partial charge is 0.493 e. The molecule has 1 fully saturated rings. The fraction of sp³-hybridized carbons (Fsp3) is 0.389. The summed E-state index contributed by atoms with van der Waals surface area (Å²) in [6.45, 7) is 4.66. The van der Waals surface area contributed by atoms with Crippen LogP contribution in [0.1, 0.15) is 32.8 Å². The molecule has 1 aromatic heterocycles. The normalized spacial score (nSPS) is 14.4. The predicted molar refractivity (Wildman–Crippen MR) is 99.4 cm³/mol. The summed E-state index contributed by atoms with van der Waals surface area (Å²) in [5.74, 6) is 0.415. The molecular formula is C18H22N4O3S. The van der Waals surface area contributed by atoms with Gasteiger partial charge in [-0.2, -0.15) is 0 Å². The van der Waals surface area contributed by atoms with Crippen LogP contribution in [0.5, 0.6) is 5.75 Å². The first-order valence-corrected chi connectivity index (χ1v) is 9.46. The molecule has 26 heavy (non-hydrogen) atoms. The Morgan fingerprint density at radius 1 is 1.15 bits per heavy atom. The molecule has 8 heteroatoms. The first kappa shape index (κ1) is 18.3. The quantitative estimate of drug-likeness (QED) is 0.859. The van der Waals surface area contributed by atoms with Gasteiger partial charge < -0.3 is 20.3 Å². The van der Waals surface area contributed by atoms with Crippen LogP contribution in [0, 0.1) is 0 Å². The zero-order chi connectivity index (χ0) is 18.5. The van der Waals surface area contributed by atoms with Crippen molar-refractivity contribution in [3.63, 3.8) is 0 Å². The molecule has 0 aliphatic carbocycles. The van der Waals surface area contributed by atoms with E-state index in [0.29, 0.717) is 56.3 Å². The molecule has 0 saturated carbocycles. The number of hydrogen-bond acceptors (Lipinski definition) is 6. The van der Waals surface area contributed by atoms with Crippen molar-refractivity contribution in [2.75, 3.05) is 32.8 Å². The van der Waals surface area contributed by atoms with Crippen LogP contribution in [-0.2, 0) is 6.54 Å². The summed E-state index contributed by atoms with van der Waals surface area (Å²) in [4.78, 5) is 33.1. The van der Waals surface area contributed by atoms with E-state index in [9.17, 15) is 9.59 Å². The van der Waals surface area contributed by atoms with Gasteiger partial charge in [0, 0.05) is 38.1 Å². The maximum absolute atomic E-state index is 12.8. The van der Waals surface area contributed by atoms with Crippen LogP contribution in [0.15, 0.2) is 29.6 Å². The van der Waals surface area contributed by atoms with E-state index in [0.717, 1.165) is 5.01 Å². The van der Waals surface area contributed by atoms with Gasteiger partial charge in [-0.05, 0) is 19.1 Å². The van der Waals surface area contributed by atoms with Crippen molar-refractivity contribution in [1.29, 1.82) is 0 Å². The highest BCUT2D eigenvalue weighted by molar-refractivity contribution is 7.09. The summed E-state index contributed by atoms with van der Waals surface area (Å²) in [7, 11) is 0. The SMILES string of the molecule is CCOc1ccccc1C(=O)N1CCN(C(=O)c2csc(CN)n2)CC1. The first-order chi connectivity index (χ1) is 12.6. The summed E-state index contributed by atoms with van der Waals surface area (Å²) in [6, 6.07) is 7.25. The van der Waals surface area contributed by atoms with E-state index in [1.54, 1.807) is 27.3 Å². The molecule has 2 amide bonds. The highest BCUT2D eigenvalue weighted by Crippen LogP contribution is 2.21. The molecule has 0 unspecified atom stereocenters. The highest BCUT2D eigenvalue weighted by atomic mass is 32.1. The molecule has 1 aliphatic rings. The number of benzene rings is 1. The number of nitrogens with two attached hydrogens (primary N) is 1. The lowest BCUT2D eigenvalue weighted by Gasteiger charge is -2.34. The second-order valence-electron chi connectivity index (χ2n) is 5.84. The van der Waals surface area contributed by atoms with E-state index < -0.39 is 0 Å². The summed E-state index contributed by atoms with van der Waals surface area (Å²) >= 11 is 1.39. The van der Waals surface area contributed by atoms with Crippen molar-refractivity contribution in [3.8, 4) is 5.75 Å². The standard InChI is InChI=1S/C18H22N4O3S/c1-2-25-15-6-4-3-5-13(15)17(23)21-7-9-22(10-8-21)18(24)14-12-26-16(11-19)20-14/h3-6,12H,2,7-11,19H2,1H3. The maximum atomic E-state index is 12.8. The van der Waals surface area contributed by atoms with Crippen LogP contribution in [0.3, 0.4) is 0 Å². The number of ether oxygens (including phenoxy) is 1. The minimum absolute atomic E-state index is 0.0692. The van der Waals surface area contributed by atoms with Gasteiger partial charge in [0.2, 0.25) is 0 Å². The maximum Gasteiger partial charge on any atom is 0.273 e. The molecule has 0 bridgehead atoms. The number of rotatable bonds is 5. The Hall–Kier alpha value is -2.45. The highest BCUT2D eigenvalue weighted by Gasteiger charge is 2.27. The van der Waals surface area contributed by atoms with Crippen molar-refractivity contribution in [3.05, 3.63) is 45.9 Å². The van der Waals surface area contributed by atoms with Crippen LogP contribution in [-0.4, -0.2) is 59.4 Å². The van der Waals surface area contributed by atoms with Crippen molar-refractivity contribution < 1.29 is 14.3 Å². The number of hydrogen-bond donors (Lipinski definition) is 1. The Morgan fingerprint density at radius 3 is 2.42 bits per heavy atom. The number of carbonyl (C=O) groups excluding carboxylic acids is 2. The molecule has 0 atom stereocenters. The molecule has 2 aromatic rings. The molecule has 0 radical (unpaired) electrons. The van der Waals surface area contributed by atoms with Crippen molar-refractivity contribution in [2.45, 2.75) is 13.5 Å². The van der Waals surface area contributed by atoms with E-state index in [-0.39, 0.29) is 11.8 Å². The Kier molecular flexibility index (Phi) is 5.85. The lowest BCUT2D eigenvalue weighted by atomic mass is 10.1. The Bertz CT molecular complexity index is 784. The van der Waals surface area contributed by atoms with Gasteiger partial charge >= 0.3 is 0 Å². The van der Waals surface area contributed by atoms with Gasteiger partial charge in [-0.15, -0.1) is 11.3 Å². The second kappa shape index (κ2) is 8.29. The van der Waals surface area contributed by atoms with Gasteiger partial charge in [-0.25, -0.2) is 4.98 Å². The fourth-order valence-electron chi connectivity index (χ4n) is 2.87. The number of para-hydroxylation sites is 1. The molecular weight excluding hydrogens is 352 g/mol. The van der Waals surface area contributed by atoms with Crippen LogP contribution < -0.4 is 10.5 Å². The first-order valence-electron chi connectivity index (χ1n) is 8.59. The van der Waals surface area contributed by atoms with E-state index in [1.807, 2.05) is 19.1 Å². The molecule has 0 spiro atoms. The van der Waals surface area contributed by atoms with Gasteiger partial charge in [0.05, 0.1) is 12.2 Å². The predicted octanol–water partition coefficient (Wildman–Crippen LogP) is 1.60. The molecule has 2 N–H and O–H groups in total. The molecule has 1 aromatic carbocycles. The number of nitrogens with zero attached hydrogens (tertiary/aromatic N) is 3. The third-order valence-electron chi connectivity index (χ3n) is 4.22. The van der Waals surface area contributed by atoms with Gasteiger partial charge in [-0.3, -0.25) is 9.59 Å². The summed E-state index contributed by atoms with van der Waals surface area (Å²) in [6.07, 6.45) is 0. The van der Waals surface area contributed by atoms with Crippen LogP contribution in [0.4, 0.5) is 0 Å². The van der Waals surface area contributed by atoms with Crippen LogP contribution in [0.25, 0.3) is 0 Å². The zero-order valence-electron chi connectivity index (χ0n) is 14.7. The minimum atomic E-state index is -0.109. The zero-order valence-corrected chi connectivity index (χ0v) is 15.5.